The lowest BCUT2D eigenvalue weighted by molar-refractivity contribution is -0.154. The fourth-order valence-electron chi connectivity index (χ4n) is 5.50. The maximum absolute atomic E-state index is 13.7. The average molecular weight is 387 g/mol. The number of piperidine rings is 3. The van der Waals surface area contributed by atoms with E-state index in [1.54, 1.807) is 31.1 Å². The molecule has 1 aromatic rings. The Morgan fingerprint density at radius 2 is 2.04 bits per heavy atom. The van der Waals surface area contributed by atoms with Crippen LogP contribution in [0.4, 0.5) is 4.39 Å². The summed E-state index contributed by atoms with van der Waals surface area (Å²) in [5, 5.41) is 0. The van der Waals surface area contributed by atoms with Crippen LogP contribution >= 0.6 is 0 Å². The lowest BCUT2D eigenvalue weighted by Crippen LogP contribution is -2.65. The minimum Gasteiger partial charge on any atom is -0.348 e. The maximum atomic E-state index is 13.7. The van der Waals surface area contributed by atoms with E-state index >= 15 is 0 Å². The van der Waals surface area contributed by atoms with E-state index in [1.807, 2.05) is 6.07 Å². The molecule has 4 rings (SSSR count). The highest BCUT2D eigenvalue weighted by Crippen LogP contribution is 2.42. The summed E-state index contributed by atoms with van der Waals surface area (Å²) in [4.78, 5) is 31.2. The van der Waals surface area contributed by atoms with Crippen LogP contribution in [0.5, 0.6) is 0 Å². The Balaban J connectivity index is 1.59. The summed E-state index contributed by atoms with van der Waals surface area (Å²) in [5.74, 6) is 0.912. The topological polar surface area (TPSA) is 43.9 Å². The number of halogens is 1. The van der Waals surface area contributed by atoms with E-state index in [4.69, 9.17) is 0 Å². The predicted octanol–water partition coefficient (Wildman–Crippen LogP) is 2.16. The number of likely N-dealkylation sites (N-methyl/N-ethyl adjacent to an activating group) is 1. The van der Waals surface area contributed by atoms with Crippen LogP contribution in [-0.2, 0) is 16.0 Å². The molecule has 3 saturated heterocycles. The molecular formula is C22H30FN3O2. The smallest absolute Gasteiger partial charge is 0.236 e. The van der Waals surface area contributed by atoms with Crippen molar-refractivity contribution in [2.24, 2.45) is 11.8 Å². The second-order valence-corrected chi connectivity index (χ2v) is 8.90. The van der Waals surface area contributed by atoms with Crippen LogP contribution in [0.2, 0.25) is 0 Å². The zero-order chi connectivity index (χ0) is 19.8. The second kappa shape index (κ2) is 7.82. The molecule has 2 bridgehead atoms. The molecular weight excluding hydrogens is 357 g/mol. The lowest BCUT2D eigenvalue weighted by Gasteiger charge is -2.56. The summed E-state index contributed by atoms with van der Waals surface area (Å²) in [5.41, 5.74) is 0.946. The van der Waals surface area contributed by atoms with Crippen molar-refractivity contribution in [3.63, 3.8) is 0 Å². The van der Waals surface area contributed by atoms with Crippen molar-refractivity contribution in [3.8, 4) is 0 Å². The van der Waals surface area contributed by atoms with Gasteiger partial charge in [-0.25, -0.2) is 4.39 Å². The third kappa shape index (κ3) is 3.79. The molecule has 152 valence electrons. The number of fused-ring (bicyclic) bond motifs is 4. The summed E-state index contributed by atoms with van der Waals surface area (Å²) in [7, 11) is 3.59. The van der Waals surface area contributed by atoms with Crippen molar-refractivity contribution in [2.75, 3.05) is 33.7 Å². The minimum atomic E-state index is -0.227. The number of nitrogens with zero attached hydrogens (tertiary/aromatic N) is 3. The molecule has 0 saturated carbocycles. The highest BCUT2D eigenvalue weighted by atomic mass is 19.1. The van der Waals surface area contributed by atoms with Crippen molar-refractivity contribution in [1.29, 1.82) is 0 Å². The molecule has 0 spiro atoms. The number of hydrogen-bond acceptors (Lipinski definition) is 3. The maximum Gasteiger partial charge on any atom is 0.236 e. The molecule has 3 aliphatic heterocycles. The highest BCUT2D eigenvalue weighted by molar-refractivity contribution is 5.78. The van der Waals surface area contributed by atoms with Crippen LogP contribution in [0.15, 0.2) is 24.3 Å². The normalized spacial score (nSPS) is 30.1. The fraction of sp³-hybridized carbons (Fsp3) is 0.636. The van der Waals surface area contributed by atoms with Gasteiger partial charge < -0.3 is 9.80 Å². The number of carbonyl (C=O) groups is 2. The van der Waals surface area contributed by atoms with Crippen LogP contribution < -0.4 is 0 Å². The number of amides is 2. The van der Waals surface area contributed by atoms with Crippen LogP contribution in [0.1, 0.15) is 31.2 Å². The zero-order valence-electron chi connectivity index (χ0n) is 16.8. The number of carbonyl (C=O) groups excluding carboxylic acids is 2. The Morgan fingerprint density at radius 3 is 2.79 bits per heavy atom. The van der Waals surface area contributed by atoms with Gasteiger partial charge in [-0.1, -0.05) is 12.1 Å². The van der Waals surface area contributed by atoms with Crippen molar-refractivity contribution in [3.05, 3.63) is 35.6 Å². The summed E-state index contributed by atoms with van der Waals surface area (Å²) in [6.45, 7) is 2.15. The molecule has 0 unspecified atom stereocenters. The van der Waals surface area contributed by atoms with Crippen molar-refractivity contribution >= 4 is 11.8 Å². The molecule has 3 aliphatic rings. The first-order chi connectivity index (χ1) is 13.4. The standard InChI is InChI=1S/C22H30FN3O2/c1-24(2)22(28)14-25-12-16-11-17(13-25)20(10-15-5-3-6-18(23)9-15)26-19(16)7-4-8-21(26)27/h3,5-6,9,16-17,19-20H,4,7-8,10-14H2,1-2H3/t16-,17+,19+,20+/m1/s1. The summed E-state index contributed by atoms with van der Waals surface area (Å²) in [6.07, 6.45) is 4.40. The first-order valence-corrected chi connectivity index (χ1v) is 10.4. The van der Waals surface area contributed by atoms with Gasteiger partial charge >= 0.3 is 0 Å². The van der Waals surface area contributed by atoms with Crippen molar-refractivity contribution < 1.29 is 14.0 Å². The monoisotopic (exact) mass is 387 g/mol. The number of likely N-dealkylation sites (tertiary alicyclic amines) is 1. The summed E-state index contributed by atoms with van der Waals surface area (Å²) < 4.78 is 13.7. The van der Waals surface area contributed by atoms with E-state index in [2.05, 4.69) is 9.80 Å². The van der Waals surface area contributed by atoms with Crippen LogP contribution in [-0.4, -0.2) is 72.3 Å². The van der Waals surface area contributed by atoms with E-state index in [-0.39, 0.29) is 29.7 Å². The molecule has 5 nitrogen and oxygen atoms in total. The van der Waals surface area contributed by atoms with Gasteiger partial charge in [0, 0.05) is 45.7 Å². The SMILES string of the molecule is CN(C)C(=O)CN1C[C@H]2C[C@@H](C1)[C@H](Cc1cccc(F)c1)N1C(=O)CCC[C@@H]21. The van der Waals surface area contributed by atoms with Crippen LogP contribution in [0.25, 0.3) is 0 Å². The molecule has 28 heavy (non-hydrogen) atoms. The fourth-order valence-corrected chi connectivity index (χ4v) is 5.50. The minimum absolute atomic E-state index is 0.0908. The molecule has 1 aromatic carbocycles. The number of benzene rings is 1. The quantitative estimate of drug-likeness (QED) is 0.795. The molecule has 0 aliphatic carbocycles. The average Bonchev–Trinajstić information content (AvgIpc) is 2.65. The first kappa shape index (κ1) is 19.4. The van der Waals surface area contributed by atoms with Gasteiger partial charge in [-0.2, -0.15) is 0 Å². The first-order valence-electron chi connectivity index (χ1n) is 10.4. The van der Waals surface area contributed by atoms with E-state index in [0.29, 0.717) is 31.2 Å². The summed E-state index contributed by atoms with van der Waals surface area (Å²) >= 11 is 0. The van der Waals surface area contributed by atoms with Crippen molar-refractivity contribution in [2.45, 2.75) is 44.2 Å². The van der Waals surface area contributed by atoms with Gasteiger partial charge in [0.05, 0.1) is 6.54 Å². The Morgan fingerprint density at radius 1 is 1.25 bits per heavy atom. The summed E-state index contributed by atoms with van der Waals surface area (Å²) in [6, 6.07) is 7.10. The molecule has 3 fully saturated rings. The third-order valence-corrected chi connectivity index (χ3v) is 6.76. The zero-order valence-corrected chi connectivity index (χ0v) is 16.8. The lowest BCUT2D eigenvalue weighted by atomic mass is 9.71. The molecule has 0 N–H and O–H groups in total. The Hall–Kier alpha value is -1.95. The molecule has 3 heterocycles. The predicted molar refractivity (Wildman–Crippen MR) is 105 cm³/mol. The van der Waals surface area contributed by atoms with Gasteiger partial charge in [-0.15, -0.1) is 0 Å². The van der Waals surface area contributed by atoms with Gasteiger partial charge in [-0.05, 0) is 55.2 Å². The van der Waals surface area contributed by atoms with E-state index < -0.39 is 0 Å². The van der Waals surface area contributed by atoms with Gasteiger partial charge in [0.15, 0.2) is 0 Å². The Labute approximate surface area is 166 Å². The number of rotatable bonds is 4. The van der Waals surface area contributed by atoms with Gasteiger partial charge in [0.2, 0.25) is 11.8 Å². The number of hydrogen-bond donors (Lipinski definition) is 0. The Bertz CT molecular complexity index is 753. The molecule has 6 heteroatoms. The largest absolute Gasteiger partial charge is 0.348 e. The van der Waals surface area contributed by atoms with Gasteiger partial charge in [-0.3, -0.25) is 14.5 Å². The van der Waals surface area contributed by atoms with E-state index in [0.717, 1.165) is 37.9 Å². The highest BCUT2D eigenvalue weighted by Gasteiger charge is 2.49. The van der Waals surface area contributed by atoms with Crippen molar-refractivity contribution in [1.82, 2.24) is 14.7 Å². The molecule has 4 atom stereocenters. The molecule has 0 radical (unpaired) electrons. The Kier molecular flexibility index (Phi) is 5.41. The second-order valence-electron chi connectivity index (χ2n) is 8.90. The molecule has 0 aromatic heterocycles. The van der Waals surface area contributed by atoms with E-state index in [9.17, 15) is 14.0 Å². The molecule has 2 amide bonds. The van der Waals surface area contributed by atoms with Crippen LogP contribution in [0, 0.1) is 17.7 Å². The van der Waals surface area contributed by atoms with Gasteiger partial charge in [0.1, 0.15) is 5.82 Å². The van der Waals surface area contributed by atoms with Gasteiger partial charge in [0.25, 0.3) is 0 Å². The third-order valence-electron chi connectivity index (χ3n) is 6.76. The van der Waals surface area contributed by atoms with E-state index in [1.165, 1.54) is 6.07 Å². The van der Waals surface area contributed by atoms with Crippen LogP contribution in [0.3, 0.4) is 0 Å².